The van der Waals surface area contributed by atoms with Gasteiger partial charge in [0.25, 0.3) is 5.91 Å². The zero-order valence-corrected chi connectivity index (χ0v) is 13.5. The summed E-state index contributed by atoms with van der Waals surface area (Å²) in [4.78, 5) is 23.0. The Balaban J connectivity index is 2.15. The molecule has 0 saturated heterocycles. The second-order valence-corrected chi connectivity index (χ2v) is 4.83. The van der Waals surface area contributed by atoms with E-state index in [2.05, 4.69) is 5.32 Å². The van der Waals surface area contributed by atoms with Crippen molar-refractivity contribution in [2.24, 2.45) is 0 Å². The van der Waals surface area contributed by atoms with Crippen LogP contribution in [-0.2, 0) is 4.79 Å². The highest BCUT2D eigenvalue weighted by atomic mass is 19.1. The van der Waals surface area contributed by atoms with Crippen molar-refractivity contribution in [2.45, 2.75) is 0 Å². The zero-order valence-electron chi connectivity index (χ0n) is 13.5. The number of carboxylic acid groups (broad SMARTS) is 1. The normalized spacial score (nSPS) is 10.0. The second kappa shape index (κ2) is 8.00. The predicted molar refractivity (Wildman–Crippen MR) is 87.0 cm³/mol. The number of carbonyl (C=O) groups is 2. The minimum absolute atomic E-state index is 0.0243. The lowest BCUT2D eigenvalue weighted by molar-refractivity contribution is -0.118. The van der Waals surface area contributed by atoms with Gasteiger partial charge in [0, 0.05) is 0 Å². The standard InChI is InChI=1S/C17H16FNO6/c1-23-13-7-10(17(21)22)8-14(24-2)16(13)25-9-15(20)19-12-6-4-3-5-11(12)18/h3-8H,9H2,1-2H3,(H,19,20)(H,21,22). The molecule has 0 aliphatic heterocycles. The van der Waals surface area contributed by atoms with Crippen molar-refractivity contribution in [3.8, 4) is 17.2 Å². The molecule has 0 aromatic heterocycles. The Hall–Kier alpha value is -3.29. The Morgan fingerprint density at radius 3 is 2.24 bits per heavy atom. The highest BCUT2D eigenvalue weighted by Gasteiger charge is 2.18. The van der Waals surface area contributed by atoms with Gasteiger partial charge in [-0.05, 0) is 24.3 Å². The number of methoxy groups -OCH3 is 2. The molecule has 2 aromatic rings. The van der Waals surface area contributed by atoms with Crippen LogP contribution in [0, 0.1) is 5.82 Å². The number of carbonyl (C=O) groups excluding carboxylic acids is 1. The largest absolute Gasteiger partial charge is 0.493 e. The van der Waals surface area contributed by atoms with Crippen molar-refractivity contribution in [2.75, 3.05) is 26.1 Å². The van der Waals surface area contributed by atoms with Crippen LogP contribution in [0.4, 0.5) is 10.1 Å². The van der Waals surface area contributed by atoms with Crippen LogP contribution in [-0.4, -0.2) is 37.8 Å². The smallest absolute Gasteiger partial charge is 0.335 e. The molecule has 8 heteroatoms. The van der Waals surface area contributed by atoms with Crippen molar-refractivity contribution < 1.29 is 33.3 Å². The van der Waals surface area contributed by atoms with E-state index in [1.165, 1.54) is 44.6 Å². The van der Waals surface area contributed by atoms with Gasteiger partial charge in [-0.15, -0.1) is 0 Å². The molecule has 0 unspecified atom stereocenters. The van der Waals surface area contributed by atoms with Gasteiger partial charge < -0.3 is 24.6 Å². The monoisotopic (exact) mass is 349 g/mol. The van der Waals surface area contributed by atoms with Crippen molar-refractivity contribution >= 4 is 17.6 Å². The number of ether oxygens (including phenoxy) is 3. The molecule has 1 amide bonds. The number of rotatable bonds is 7. The Bertz CT molecular complexity index is 767. The van der Waals surface area contributed by atoms with Crippen molar-refractivity contribution in [1.82, 2.24) is 0 Å². The van der Waals surface area contributed by atoms with Gasteiger partial charge >= 0.3 is 5.97 Å². The van der Waals surface area contributed by atoms with Crippen LogP contribution < -0.4 is 19.5 Å². The fourth-order valence-electron chi connectivity index (χ4n) is 2.03. The van der Waals surface area contributed by atoms with Crippen molar-refractivity contribution in [3.05, 3.63) is 47.8 Å². The van der Waals surface area contributed by atoms with Gasteiger partial charge in [0.05, 0.1) is 25.5 Å². The van der Waals surface area contributed by atoms with E-state index in [4.69, 9.17) is 19.3 Å². The molecule has 0 saturated carbocycles. The maximum atomic E-state index is 13.5. The molecule has 132 valence electrons. The van der Waals surface area contributed by atoms with E-state index in [9.17, 15) is 14.0 Å². The molecular formula is C17H16FNO6. The summed E-state index contributed by atoms with van der Waals surface area (Å²) < 4.78 is 29.1. The summed E-state index contributed by atoms with van der Waals surface area (Å²) >= 11 is 0. The van der Waals surface area contributed by atoms with Gasteiger partial charge in [-0.3, -0.25) is 4.79 Å². The van der Waals surface area contributed by atoms with Crippen LogP contribution in [0.2, 0.25) is 0 Å². The molecule has 0 aliphatic carbocycles. The van der Waals surface area contributed by atoms with E-state index < -0.39 is 24.3 Å². The quantitative estimate of drug-likeness (QED) is 0.798. The summed E-state index contributed by atoms with van der Waals surface area (Å²) in [6.07, 6.45) is 0. The van der Waals surface area contributed by atoms with Crippen molar-refractivity contribution in [1.29, 1.82) is 0 Å². The van der Waals surface area contributed by atoms with E-state index in [-0.39, 0.29) is 28.5 Å². The molecule has 0 radical (unpaired) electrons. The summed E-state index contributed by atoms with van der Waals surface area (Å²) in [6, 6.07) is 8.20. The van der Waals surface area contributed by atoms with Crippen LogP contribution in [0.25, 0.3) is 0 Å². The first-order valence-corrected chi connectivity index (χ1v) is 7.12. The van der Waals surface area contributed by atoms with Crippen LogP contribution in [0.15, 0.2) is 36.4 Å². The predicted octanol–water partition coefficient (Wildman–Crippen LogP) is 2.56. The Morgan fingerprint density at radius 2 is 1.72 bits per heavy atom. The first kappa shape index (κ1) is 18.1. The molecule has 0 spiro atoms. The molecular weight excluding hydrogens is 333 g/mol. The van der Waals surface area contributed by atoms with E-state index in [1.807, 2.05) is 0 Å². The average Bonchev–Trinajstić information content (AvgIpc) is 2.61. The minimum Gasteiger partial charge on any atom is -0.493 e. The molecule has 0 bridgehead atoms. The Labute approximate surface area is 142 Å². The van der Waals surface area contributed by atoms with Gasteiger partial charge in [0.15, 0.2) is 18.1 Å². The number of hydrogen-bond donors (Lipinski definition) is 2. The number of aromatic carboxylic acids is 1. The molecule has 2 rings (SSSR count). The second-order valence-electron chi connectivity index (χ2n) is 4.83. The lowest BCUT2D eigenvalue weighted by Gasteiger charge is -2.15. The topological polar surface area (TPSA) is 94.1 Å². The number of halogens is 1. The number of hydrogen-bond acceptors (Lipinski definition) is 5. The number of carboxylic acids is 1. The first-order chi connectivity index (χ1) is 12.0. The third-order valence-corrected chi connectivity index (χ3v) is 3.20. The van der Waals surface area contributed by atoms with E-state index >= 15 is 0 Å². The van der Waals surface area contributed by atoms with Crippen molar-refractivity contribution in [3.63, 3.8) is 0 Å². The molecule has 2 N–H and O–H groups in total. The van der Waals surface area contributed by atoms with E-state index in [1.54, 1.807) is 6.07 Å². The molecule has 0 heterocycles. The summed E-state index contributed by atoms with van der Waals surface area (Å²) in [5.41, 5.74) is -0.0342. The first-order valence-electron chi connectivity index (χ1n) is 7.12. The van der Waals surface area contributed by atoms with Gasteiger partial charge in [-0.25, -0.2) is 9.18 Å². The maximum absolute atomic E-state index is 13.5. The molecule has 0 atom stereocenters. The summed E-state index contributed by atoms with van der Waals surface area (Å²) in [7, 11) is 2.65. The number of amides is 1. The van der Waals surface area contributed by atoms with Crippen LogP contribution >= 0.6 is 0 Å². The molecule has 0 fully saturated rings. The summed E-state index contributed by atoms with van der Waals surface area (Å²) in [6.45, 7) is -0.451. The van der Waals surface area contributed by atoms with Gasteiger partial charge in [-0.1, -0.05) is 12.1 Å². The summed E-state index contributed by atoms with van der Waals surface area (Å²) in [5, 5.41) is 11.4. The maximum Gasteiger partial charge on any atom is 0.335 e. The summed E-state index contributed by atoms with van der Waals surface area (Å²) in [5.74, 6) is -2.08. The fraction of sp³-hybridized carbons (Fsp3) is 0.176. The Kier molecular flexibility index (Phi) is 5.78. The molecule has 7 nitrogen and oxygen atoms in total. The lowest BCUT2D eigenvalue weighted by atomic mass is 10.2. The number of para-hydroxylation sites is 1. The number of benzene rings is 2. The molecule has 0 aliphatic rings. The number of anilines is 1. The van der Waals surface area contributed by atoms with Gasteiger partial charge in [-0.2, -0.15) is 0 Å². The third kappa shape index (κ3) is 4.37. The lowest BCUT2D eigenvalue weighted by Crippen LogP contribution is -2.21. The molecule has 25 heavy (non-hydrogen) atoms. The average molecular weight is 349 g/mol. The highest BCUT2D eigenvalue weighted by molar-refractivity contribution is 5.92. The van der Waals surface area contributed by atoms with E-state index in [0.717, 1.165) is 0 Å². The van der Waals surface area contributed by atoms with Gasteiger partial charge in [0.1, 0.15) is 5.82 Å². The highest BCUT2D eigenvalue weighted by Crippen LogP contribution is 2.38. The van der Waals surface area contributed by atoms with Gasteiger partial charge in [0.2, 0.25) is 5.75 Å². The SMILES string of the molecule is COc1cc(C(=O)O)cc(OC)c1OCC(=O)Nc1ccccc1F. The van der Waals surface area contributed by atoms with Crippen LogP contribution in [0.1, 0.15) is 10.4 Å². The van der Waals surface area contributed by atoms with Crippen LogP contribution in [0.5, 0.6) is 17.2 Å². The molecule has 2 aromatic carbocycles. The van der Waals surface area contributed by atoms with E-state index in [0.29, 0.717) is 0 Å². The zero-order chi connectivity index (χ0) is 18.4. The fourth-order valence-corrected chi connectivity index (χ4v) is 2.03. The Morgan fingerprint density at radius 1 is 1.12 bits per heavy atom. The minimum atomic E-state index is -1.17. The number of nitrogens with one attached hydrogen (secondary N) is 1. The van der Waals surface area contributed by atoms with Crippen LogP contribution in [0.3, 0.4) is 0 Å². The third-order valence-electron chi connectivity index (χ3n) is 3.20.